The molecule has 1 aliphatic heterocycles. The molecule has 0 aliphatic carbocycles. The number of rotatable bonds is 6. The number of nitrogens with zero attached hydrogens (tertiary/aromatic N) is 3. The lowest BCUT2D eigenvalue weighted by molar-refractivity contribution is -0.130. The van der Waals surface area contributed by atoms with Crippen LogP contribution in [-0.4, -0.2) is 67.1 Å². The first-order valence-corrected chi connectivity index (χ1v) is 7.18. The Bertz CT molecular complexity index is 405. The highest BCUT2D eigenvalue weighted by Gasteiger charge is 2.14. The fourth-order valence-electron chi connectivity index (χ4n) is 2.24. The van der Waals surface area contributed by atoms with Gasteiger partial charge in [0.25, 0.3) is 0 Å². The van der Waals surface area contributed by atoms with Gasteiger partial charge < -0.3 is 9.64 Å². The number of likely N-dealkylation sites (N-methyl/N-ethyl adjacent to an activating group) is 1. The Labute approximate surface area is 120 Å². The molecule has 1 fully saturated rings. The standard InChI is InChI=1S/C15H23N3O2/c1-17(8-4-14-2-6-16-7-3-14)15(19)5-9-18-10-12-20-13-11-18/h2-3,6-7H,4-5,8-13H2,1H3. The summed E-state index contributed by atoms with van der Waals surface area (Å²) in [6.45, 7) is 5.04. The van der Waals surface area contributed by atoms with Crippen LogP contribution in [0.15, 0.2) is 24.5 Å². The third-order valence-corrected chi connectivity index (χ3v) is 3.66. The summed E-state index contributed by atoms with van der Waals surface area (Å²) in [5, 5.41) is 0. The molecule has 0 bridgehead atoms. The third kappa shape index (κ3) is 4.90. The molecule has 20 heavy (non-hydrogen) atoms. The second-order valence-corrected chi connectivity index (χ2v) is 5.12. The molecule has 0 aromatic carbocycles. The first kappa shape index (κ1) is 14.9. The monoisotopic (exact) mass is 277 g/mol. The van der Waals surface area contributed by atoms with Crippen LogP contribution < -0.4 is 0 Å². The maximum atomic E-state index is 12.1. The van der Waals surface area contributed by atoms with Crippen molar-refractivity contribution in [1.29, 1.82) is 0 Å². The zero-order chi connectivity index (χ0) is 14.2. The second kappa shape index (κ2) is 7.97. The molecule has 5 heteroatoms. The van der Waals surface area contributed by atoms with Gasteiger partial charge in [-0.25, -0.2) is 0 Å². The topological polar surface area (TPSA) is 45.7 Å². The number of carbonyl (C=O) groups is 1. The molecule has 1 aromatic heterocycles. The van der Waals surface area contributed by atoms with Gasteiger partial charge in [-0.05, 0) is 24.1 Å². The van der Waals surface area contributed by atoms with Crippen molar-refractivity contribution in [3.63, 3.8) is 0 Å². The molecule has 0 N–H and O–H groups in total. The molecular weight excluding hydrogens is 254 g/mol. The predicted octanol–water partition coefficient (Wildman–Crippen LogP) is 0.805. The number of amides is 1. The lowest BCUT2D eigenvalue weighted by atomic mass is 10.2. The Morgan fingerprint density at radius 3 is 2.75 bits per heavy atom. The van der Waals surface area contributed by atoms with Gasteiger partial charge in [0.1, 0.15) is 0 Å². The van der Waals surface area contributed by atoms with Crippen molar-refractivity contribution >= 4 is 5.91 Å². The van der Waals surface area contributed by atoms with Gasteiger partial charge in [-0.15, -0.1) is 0 Å². The second-order valence-electron chi connectivity index (χ2n) is 5.12. The first-order valence-electron chi connectivity index (χ1n) is 7.18. The molecule has 0 spiro atoms. The van der Waals surface area contributed by atoms with Gasteiger partial charge in [-0.3, -0.25) is 14.7 Å². The van der Waals surface area contributed by atoms with E-state index in [0.29, 0.717) is 6.42 Å². The number of aromatic nitrogens is 1. The van der Waals surface area contributed by atoms with Crippen LogP contribution in [0.3, 0.4) is 0 Å². The molecule has 1 saturated heterocycles. The van der Waals surface area contributed by atoms with Gasteiger partial charge in [0.05, 0.1) is 13.2 Å². The highest BCUT2D eigenvalue weighted by Crippen LogP contribution is 2.02. The Morgan fingerprint density at radius 2 is 2.05 bits per heavy atom. The van der Waals surface area contributed by atoms with E-state index in [-0.39, 0.29) is 5.91 Å². The largest absolute Gasteiger partial charge is 0.379 e. The summed E-state index contributed by atoms with van der Waals surface area (Å²) in [7, 11) is 1.88. The number of ether oxygens (including phenoxy) is 1. The smallest absolute Gasteiger partial charge is 0.223 e. The van der Waals surface area contributed by atoms with E-state index < -0.39 is 0 Å². The van der Waals surface area contributed by atoms with Gasteiger partial charge in [0.15, 0.2) is 0 Å². The molecule has 2 rings (SSSR count). The Hall–Kier alpha value is -1.46. The Kier molecular flexibility index (Phi) is 5.95. The third-order valence-electron chi connectivity index (χ3n) is 3.66. The molecular formula is C15H23N3O2. The molecule has 0 atom stereocenters. The van der Waals surface area contributed by atoms with Crippen molar-refractivity contribution in [2.24, 2.45) is 0 Å². The van der Waals surface area contributed by atoms with Crippen LogP contribution in [0.5, 0.6) is 0 Å². The van der Waals surface area contributed by atoms with Crippen molar-refractivity contribution in [1.82, 2.24) is 14.8 Å². The maximum absolute atomic E-state index is 12.1. The summed E-state index contributed by atoms with van der Waals surface area (Å²) in [6.07, 6.45) is 5.04. The van der Waals surface area contributed by atoms with Crippen LogP contribution in [0, 0.1) is 0 Å². The molecule has 0 unspecified atom stereocenters. The highest BCUT2D eigenvalue weighted by molar-refractivity contribution is 5.76. The highest BCUT2D eigenvalue weighted by atomic mass is 16.5. The van der Waals surface area contributed by atoms with E-state index in [9.17, 15) is 4.79 Å². The summed E-state index contributed by atoms with van der Waals surface area (Å²) in [5.74, 6) is 0.213. The molecule has 5 nitrogen and oxygen atoms in total. The Morgan fingerprint density at radius 1 is 1.35 bits per heavy atom. The van der Waals surface area contributed by atoms with E-state index in [0.717, 1.165) is 45.8 Å². The summed E-state index contributed by atoms with van der Waals surface area (Å²) in [5.41, 5.74) is 1.22. The lowest BCUT2D eigenvalue weighted by Gasteiger charge is -2.27. The zero-order valence-electron chi connectivity index (χ0n) is 12.1. The molecule has 1 amide bonds. The van der Waals surface area contributed by atoms with E-state index in [1.165, 1.54) is 5.56 Å². The zero-order valence-corrected chi connectivity index (χ0v) is 12.1. The average Bonchev–Trinajstić information content (AvgIpc) is 2.52. The number of hydrogen-bond acceptors (Lipinski definition) is 4. The number of pyridine rings is 1. The molecule has 110 valence electrons. The fraction of sp³-hybridized carbons (Fsp3) is 0.600. The van der Waals surface area contributed by atoms with E-state index in [1.54, 1.807) is 12.4 Å². The number of morpholine rings is 1. The number of carbonyl (C=O) groups excluding carboxylic acids is 1. The van der Waals surface area contributed by atoms with Crippen LogP contribution in [0.25, 0.3) is 0 Å². The van der Waals surface area contributed by atoms with Crippen molar-refractivity contribution in [3.8, 4) is 0 Å². The van der Waals surface area contributed by atoms with Crippen LogP contribution in [0.4, 0.5) is 0 Å². The maximum Gasteiger partial charge on any atom is 0.223 e. The SMILES string of the molecule is CN(CCc1ccncc1)C(=O)CCN1CCOCC1. The van der Waals surface area contributed by atoms with Gasteiger partial charge in [-0.1, -0.05) is 0 Å². The lowest BCUT2D eigenvalue weighted by Crippen LogP contribution is -2.39. The summed E-state index contributed by atoms with van der Waals surface area (Å²) in [6, 6.07) is 3.98. The van der Waals surface area contributed by atoms with E-state index >= 15 is 0 Å². The van der Waals surface area contributed by atoms with Crippen molar-refractivity contribution in [2.75, 3.05) is 46.4 Å². The average molecular weight is 277 g/mol. The molecule has 0 radical (unpaired) electrons. The normalized spacial score (nSPS) is 16.1. The van der Waals surface area contributed by atoms with Crippen molar-refractivity contribution in [2.45, 2.75) is 12.8 Å². The van der Waals surface area contributed by atoms with Crippen LogP contribution in [0.1, 0.15) is 12.0 Å². The molecule has 0 saturated carbocycles. The summed E-state index contributed by atoms with van der Waals surface area (Å²) >= 11 is 0. The van der Waals surface area contributed by atoms with E-state index in [2.05, 4.69) is 9.88 Å². The van der Waals surface area contributed by atoms with E-state index in [1.807, 2.05) is 24.1 Å². The van der Waals surface area contributed by atoms with Crippen LogP contribution in [0.2, 0.25) is 0 Å². The number of hydrogen-bond donors (Lipinski definition) is 0. The minimum absolute atomic E-state index is 0.213. The van der Waals surface area contributed by atoms with Gasteiger partial charge in [-0.2, -0.15) is 0 Å². The van der Waals surface area contributed by atoms with Crippen molar-refractivity contribution < 1.29 is 9.53 Å². The van der Waals surface area contributed by atoms with Gasteiger partial charge in [0.2, 0.25) is 5.91 Å². The van der Waals surface area contributed by atoms with Gasteiger partial charge >= 0.3 is 0 Å². The van der Waals surface area contributed by atoms with E-state index in [4.69, 9.17) is 4.74 Å². The molecule has 1 aromatic rings. The molecule has 2 heterocycles. The van der Waals surface area contributed by atoms with Crippen molar-refractivity contribution in [3.05, 3.63) is 30.1 Å². The predicted molar refractivity (Wildman–Crippen MR) is 77.5 cm³/mol. The summed E-state index contributed by atoms with van der Waals surface area (Å²) in [4.78, 5) is 20.2. The van der Waals surface area contributed by atoms with Crippen LogP contribution in [-0.2, 0) is 16.0 Å². The first-order chi connectivity index (χ1) is 9.75. The van der Waals surface area contributed by atoms with Crippen LogP contribution >= 0.6 is 0 Å². The quantitative estimate of drug-likeness (QED) is 0.772. The minimum atomic E-state index is 0.213. The van der Waals surface area contributed by atoms with Gasteiger partial charge in [0, 0.05) is 52.0 Å². The minimum Gasteiger partial charge on any atom is -0.379 e. The molecule has 1 aliphatic rings. The summed E-state index contributed by atoms with van der Waals surface area (Å²) < 4.78 is 5.30. The Balaban J connectivity index is 1.66. The fourth-order valence-corrected chi connectivity index (χ4v) is 2.24.